The standard InChI is InChI=1S/C19H21BrN2O2/c20-18-7-2-1-4-15(18)13-24-17-6-3-5-14(12-17)19(23)22-16-8-10-21-11-9-16/h1-7,12,16,21H,8-11,13H2,(H,22,23). The van der Waals surface area contributed by atoms with Crippen LogP contribution >= 0.6 is 15.9 Å². The van der Waals surface area contributed by atoms with Gasteiger partial charge in [-0.25, -0.2) is 0 Å². The molecule has 2 aromatic rings. The van der Waals surface area contributed by atoms with E-state index < -0.39 is 0 Å². The molecular formula is C19H21BrN2O2. The maximum absolute atomic E-state index is 12.4. The molecule has 2 aromatic carbocycles. The number of carbonyl (C=O) groups excluding carboxylic acids is 1. The van der Waals surface area contributed by atoms with Crippen LogP contribution in [0.15, 0.2) is 53.0 Å². The summed E-state index contributed by atoms with van der Waals surface area (Å²) in [4.78, 5) is 12.4. The SMILES string of the molecule is O=C(NC1CCNCC1)c1cccc(OCc2ccccc2Br)c1. The molecule has 2 N–H and O–H groups in total. The van der Waals surface area contributed by atoms with Crippen LogP contribution in [0.2, 0.25) is 0 Å². The number of piperidine rings is 1. The molecule has 1 aliphatic rings. The summed E-state index contributed by atoms with van der Waals surface area (Å²) in [6.07, 6.45) is 1.95. The molecule has 0 atom stereocenters. The first-order valence-corrected chi connectivity index (χ1v) is 8.99. The van der Waals surface area contributed by atoms with Gasteiger partial charge in [-0.05, 0) is 50.2 Å². The second-order valence-electron chi connectivity index (χ2n) is 5.91. The van der Waals surface area contributed by atoms with Gasteiger partial charge in [-0.15, -0.1) is 0 Å². The zero-order chi connectivity index (χ0) is 16.8. The maximum atomic E-state index is 12.4. The summed E-state index contributed by atoms with van der Waals surface area (Å²) in [5.41, 5.74) is 1.71. The largest absolute Gasteiger partial charge is 0.489 e. The first kappa shape index (κ1) is 17.0. The fourth-order valence-corrected chi connectivity index (χ4v) is 3.14. The number of halogens is 1. The number of hydrogen-bond donors (Lipinski definition) is 2. The molecule has 0 aliphatic carbocycles. The summed E-state index contributed by atoms with van der Waals surface area (Å²) in [5, 5.41) is 6.40. The van der Waals surface area contributed by atoms with Gasteiger partial charge in [0.05, 0.1) is 0 Å². The normalized spacial score (nSPS) is 15.0. The molecule has 24 heavy (non-hydrogen) atoms. The molecule has 1 saturated heterocycles. The van der Waals surface area contributed by atoms with Crippen LogP contribution in [0.4, 0.5) is 0 Å². The fourth-order valence-electron chi connectivity index (χ4n) is 2.74. The molecule has 126 valence electrons. The van der Waals surface area contributed by atoms with E-state index in [0.29, 0.717) is 17.9 Å². The molecule has 1 amide bonds. The van der Waals surface area contributed by atoms with Crippen LogP contribution in [0.5, 0.6) is 5.75 Å². The van der Waals surface area contributed by atoms with Gasteiger partial charge in [0.2, 0.25) is 0 Å². The van der Waals surface area contributed by atoms with Crippen molar-refractivity contribution in [2.45, 2.75) is 25.5 Å². The van der Waals surface area contributed by atoms with Crippen molar-refractivity contribution in [2.75, 3.05) is 13.1 Å². The number of nitrogens with one attached hydrogen (secondary N) is 2. The third-order valence-corrected chi connectivity index (χ3v) is 4.90. The Bertz CT molecular complexity index is 699. The second kappa shape index (κ2) is 8.31. The monoisotopic (exact) mass is 388 g/mol. The van der Waals surface area contributed by atoms with E-state index in [1.54, 1.807) is 6.07 Å². The summed E-state index contributed by atoms with van der Waals surface area (Å²) in [6.45, 7) is 2.38. The fraction of sp³-hybridized carbons (Fsp3) is 0.316. The van der Waals surface area contributed by atoms with Gasteiger partial charge in [0.15, 0.2) is 0 Å². The molecule has 0 bridgehead atoms. The summed E-state index contributed by atoms with van der Waals surface area (Å²) in [6, 6.07) is 15.5. The Balaban J connectivity index is 1.61. The van der Waals surface area contributed by atoms with Gasteiger partial charge in [0.25, 0.3) is 5.91 Å². The van der Waals surface area contributed by atoms with Crippen LogP contribution in [-0.4, -0.2) is 25.0 Å². The molecule has 0 radical (unpaired) electrons. The van der Waals surface area contributed by atoms with Crippen molar-refractivity contribution < 1.29 is 9.53 Å². The number of amides is 1. The number of benzene rings is 2. The maximum Gasteiger partial charge on any atom is 0.251 e. The Morgan fingerprint density at radius 1 is 1.17 bits per heavy atom. The summed E-state index contributed by atoms with van der Waals surface area (Å²) >= 11 is 3.51. The Kier molecular flexibility index (Phi) is 5.88. The average molecular weight is 389 g/mol. The average Bonchev–Trinajstić information content (AvgIpc) is 2.62. The van der Waals surface area contributed by atoms with E-state index >= 15 is 0 Å². The topological polar surface area (TPSA) is 50.4 Å². The van der Waals surface area contributed by atoms with Crippen molar-refractivity contribution in [3.05, 3.63) is 64.1 Å². The van der Waals surface area contributed by atoms with Gasteiger partial charge in [0.1, 0.15) is 12.4 Å². The third kappa shape index (κ3) is 4.58. The lowest BCUT2D eigenvalue weighted by Gasteiger charge is -2.23. The van der Waals surface area contributed by atoms with Crippen LogP contribution in [0.1, 0.15) is 28.8 Å². The molecule has 1 fully saturated rings. The number of rotatable bonds is 5. The lowest BCUT2D eigenvalue weighted by atomic mass is 10.1. The molecule has 4 nitrogen and oxygen atoms in total. The van der Waals surface area contributed by atoms with Crippen molar-refractivity contribution in [1.29, 1.82) is 0 Å². The molecule has 1 heterocycles. The predicted molar refractivity (Wildman–Crippen MR) is 98.3 cm³/mol. The van der Waals surface area contributed by atoms with Crippen LogP contribution < -0.4 is 15.4 Å². The third-order valence-electron chi connectivity index (χ3n) is 4.12. The zero-order valence-electron chi connectivity index (χ0n) is 13.4. The lowest BCUT2D eigenvalue weighted by Crippen LogP contribution is -2.42. The highest BCUT2D eigenvalue weighted by Gasteiger charge is 2.16. The molecule has 0 spiro atoms. The zero-order valence-corrected chi connectivity index (χ0v) is 15.0. The predicted octanol–water partition coefficient (Wildman–Crippen LogP) is 3.51. The molecule has 3 rings (SSSR count). The lowest BCUT2D eigenvalue weighted by molar-refractivity contribution is 0.0929. The molecule has 0 unspecified atom stereocenters. The Hall–Kier alpha value is -1.85. The van der Waals surface area contributed by atoms with E-state index in [0.717, 1.165) is 36.0 Å². The second-order valence-corrected chi connectivity index (χ2v) is 6.76. The van der Waals surface area contributed by atoms with E-state index in [1.807, 2.05) is 42.5 Å². The quantitative estimate of drug-likeness (QED) is 0.823. The summed E-state index contributed by atoms with van der Waals surface area (Å²) in [5.74, 6) is 0.664. The number of hydrogen-bond acceptors (Lipinski definition) is 3. The minimum absolute atomic E-state index is 0.0340. The van der Waals surface area contributed by atoms with E-state index in [4.69, 9.17) is 4.74 Å². The smallest absolute Gasteiger partial charge is 0.251 e. The van der Waals surface area contributed by atoms with Gasteiger partial charge in [0, 0.05) is 21.6 Å². The Labute approximate surface area is 150 Å². The first-order chi connectivity index (χ1) is 11.7. The van der Waals surface area contributed by atoms with Gasteiger partial charge in [-0.2, -0.15) is 0 Å². The molecule has 0 aromatic heterocycles. The van der Waals surface area contributed by atoms with Crippen molar-refractivity contribution in [2.24, 2.45) is 0 Å². The highest BCUT2D eigenvalue weighted by molar-refractivity contribution is 9.10. The highest BCUT2D eigenvalue weighted by Crippen LogP contribution is 2.20. The van der Waals surface area contributed by atoms with Crippen molar-refractivity contribution >= 4 is 21.8 Å². The van der Waals surface area contributed by atoms with Gasteiger partial charge in [-0.3, -0.25) is 4.79 Å². The molecule has 1 aliphatic heterocycles. The number of ether oxygens (including phenoxy) is 1. The van der Waals surface area contributed by atoms with Gasteiger partial charge < -0.3 is 15.4 Å². The Morgan fingerprint density at radius 2 is 1.96 bits per heavy atom. The van der Waals surface area contributed by atoms with Gasteiger partial charge >= 0.3 is 0 Å². The van der Waals surface area contributed by atoms with E-state index in [1.165, 1.54) is 0 Å². The summed E-state index contributed by atoms with van der Waals surface area (Å²) < 4.78 is 6.85. The number of carbonyl (C=O) groups is 1. The van der Waals surface area contributed by atoms with Crippen LogP contribution in [0, 0.1) is 0 Å². The van der Waals surface area contributed by atoms with E-state index in [9.17, 15) is 4.79 Å². The van der Waals surface area contributed by atoms with Gasteiger partial charge in [-0.1, -0.05) is 40.2 Å². The van der Waals surface area contributed by atoms with Crippen LogP contribution in [-0.2, 0) is 6.61 Å². The molecule has 5 heteroatoms. The highest BCUT2D eigenvalue weighted by atomic mass is 79.9. The first-order valence-electron chi connectivity index (χ1n) is 8.20. The summed E-state index contributed by atoms with van der Waals surface area (Å²) in [7, 11) is 0. The molecular weight excluding hydrogens is 368 g/mol. The van der Waals surface area contributed by atoms with E-state index in [-0.39, 0.29) is 11.9 Å². The Morgan fingerprint density at radius 3 is 2.75 bits per heavy atom. The van der Waals surface area contributed by atoms with Crippen molar-refractivity contribution in [3.8, 4) is 5.75 Å². The van der Waals surface area contributed by atoms with E-state index in [2.05, 4.69) is 26.6 Å². The minimum atomic E-state index is -0.0340. The van der Waals surface area contributed by atoms with Crippen LogP contribution in [0.3, 0.4) is 0 Å². The minimum Gasteiger partial charge on any atom is -0.489 e. The molecule has 0 saturated carbocycles. The van der Waals surface area contributed by atoms with Crippen LogP contribution in [0.25, 0.3) is 0 Å². The van der Waals surface area contributed by atoms with Crippen molar-refractivity contribution in [3.63, 3.8) is 0 Å². The van der Waals surface area contributed by atoms with Crippen molar-refractivity contribution in [1.82, 2.24) is 10.6 Å².